The number of nitrogens with zero attached hydrogens (tertiary/aromatic N) is 2. The van der Waals surface area contributed by atoms with Crippen LogP contribution >= 0.6 is 15.9 Å². The highest BCUT2D eigenvalue weighted by Gasteiger charge is 2.60. The van der Waals surface area contributed by atoms with Crippen molar-refractivity contribution in [2.45, 2.75) is 12.1 Å². The predicted molar refractivity (Wildman–Crippen MR) is 120 cm³/mol. The standard InChI is InChI=1S/C24H18BrFN2O4/c1-31-19-12-7-14(13-18(19)25)21-20-22(32-28(21)17-5-3-2-4-6-17)24(30)27(23(20)29)16-10-8-15(26)9-11-16/h2-13,20-22H,1H3/t20-,21+,22-/m1/s1. The van der Waals surface area contributed by atoms with Crippen LogP contribution in [-0.2, 0) is 14.4 Å². The largest absolute Gasteiger partial charge is 0.496 e. The van der Waals surface area contributed by atoms with Gasteiger partial charge in [-0.2, -0.15) is 0 Å². The number of para-hydroxylation sites is 1. The lowest BCUT2D eigenvalue weighted by Gasteiger charge is -2.29. The molecule has 0 aliphatic carbocycles. The number of benzene rings is 3. The van der Waals surface area contributed by atoms with Crippen LogP contribution in [0.15, 0.2) is 77.3 Å². The SMILES string of the molecule is COc1ccc([C@H]2[C@H]3C(=O)N(c4ccc(F)cc4)C(=O)[C@@H]3ON2c2ccccc2)cc1Br. The van der Waals surface area contributed by atoms with Gasteiger partial charge in [-0.3, -0.25) is 14.4 Å². The Kier molecular flexibility index (Phi) is 5.19. The molecule has 2 fully saturated rings. The molecule has 2 heterocycles. The van der Waals surface area contributed by atoms with Crippen molar-refractivity contribution in [1.82, 2.24) is 0 Å². The number of hydroxylamine groups is 1. The van der Waals surface area contributed by atoms with Crippen molar-refractivity contribution in [1.29, 1.82) is 0 Å². The molecule has 8 heteroatoms. The highest BCUT2D eigenvalue weighted by molar-refractivity contribution is 9.10. The zero-order valence-corrected chi connectivity index (χ0v) is 18.5. The molecule has 2 aliphatic heterocycles. The fourth-order valence-corrected chi connectivity index (χ4v) is 4.82. The minimum atomic E-state index is -0.987. The summed E-state index contributed by atoms with van der Waals surface area (Å²) < 4.78 is 19.4. The summed E-state index contributed by atoms with van der Waals surface area (Å²) in [5.41, 5.74) is 1.84. The third kappa shape index (κ3) is 3.27. The number of hydrogen-bond donors (Lipinski definition) is 0. The van der Waals surface area contributed by atoms with Gasteiger partial charge in [0, 0.05) is 0 Å². The van der Waals surface area contributed by atoms with Gasteiger partial charge in [0.1, 0.15) is 17.5 Å². The Morgan fingerprint density at radius 2 is 1.66 bits per heavy atom. The molecule has 2 aliphatic rings. The fraction of sp³-hybridized carbons (Fsp3) is 0.167. The van der Waals surface area contributed by atoms with Crippen molar-refractivity contribution in [2.24, 2.45) is 5.92 Å². The van der Waals surface area contributed by atoms with E-state index in [1.807, 2.05) is 42.5 Å². The molecule has 162 valence electrons. The second-order valence-corrected chi connectivity index (χ2v) is 8.39. The summed E-state index contributed by atoms with van der Waals surface area (Å²) in [6.07, 6.45) is -0.987. The monoisotopic (exact) mass is 496 g/mol. The molecule has 0 unspecified atom stereocenters. The topological polar surface area (TPSA) is 59.1 Å². The maximum absolute atomic E-state index is 13.5. The number of halogens is 2. The second kappa shape index (κ2) is 8.03. The first-order valence-electron chi connectivity index (χ1n) is 9.97. The zero-order valence-electron chi connectivity index (χ0n) is 16.9. The van der Waals surface area contributed by atoms with Crippen LogP contribution in [0.3, 0.4) is 0 Å². The van der Waals surface area contributed by atoms with E-state index in [1.165, 1.54) is 24.3 Å². The lowest BCUT2D eigenvalue weighted by Crippen LogP contribution is -2.37. The molecule has 0 bridgehead atoms. The quantitative estimate of drug-likeness (QED) is 0.492. The number of amides is 2. The van der Waals surface area contributed by atoms with Crippen molar-refractivity contribution < 1.29 is 23.6 Å². The van der Waals surface area contributed by atoms with E-state index in [2.05, 4.69) is 15.9 Å². The van der Waals surface area contributed by atoms with Crippen molar-refractivity contribution in [3.05, 3.63) is 88.6 Å². The van der Waals surface area contributed by atoms with Crippen LogP contribution in [0.2, 0.25) is 0 Å². The molecule has 2 saturated heterocycles. The molecule has 0 saturated carbocycles. The molecule has 0 aromatic heterocycles. The van der Waals surface area contributed by atoms with E-state index in [0.29, 0.717) is 11.4 Å². The molecule has 32 heavy (non-hydrogen) atoms. The van der Waals surface area contributed by atoms with E-state index in [0.717, 1.165) is 20.6 Å². The number of ether oxygens (including phenoxy) is 1. The average Bonchev–Trinajstić information content (AvgIpc) is 3.31. The first-order valence-corrected chi connectivity index (χ1v) is 10.8. The van der Waals surface area contributed by atoms with Gasteiger partial charge in [-0.1, -0.05) is 24.3 Å². The number of hydrogen-bond acceptors (Lipinski definition) is 5. The van der Waals surface area contributed by atoms with E-state index >= 15 is 0 Å². The summed E-state index contributed by atoms with van der Waals surface area (Å²) in [5.74, 6) is -1.42. The number of carbonyl (C=O) groups is 2. The van der Waals surface area contributed by atoms with Gasteiger partial charge in [-0.05, 0) is 70.0 Å². The summed E-state index contributed by atoms with van der Waals surface area (Å²) >= 11 is 3.50. The summed E-state index contributed by atoms with van der Waals surface area (Å²) in [5, 5.41) is 1.63. The molecule has 3 aromatic rings. The maximum atomic E-state index is 13.5. The van der Waals surface area contributed by atoms with Crippen LogP contribution in [0, 0.1) is 11.7 Å². The van der Waals surface area contributed by atoms with Crippen molar-refractivity contribution in [3.63, 3.8) is 0 Å². The first-order chi connectivity index (χ1) is 15.5. The van der Waals surface area contributed by atoms with Crippen molar-refractivity contribution >= 4 is 39.1 Å². The Morgan fingerprint density at radius 3 is 2.31 bits per heavy atom. The smallest absolute Gasteiger partial charge is 0.266 e. The number of rotatable bonds is 4. The number of imide groups is 1. The molecule has 0 spiro atoms. The van der Waals surface area contributed by atoms with Gasteiger partial charge in [-0.25, -0.2) is 14.4 Å². The number of carbonyl (C=O) groups excluding carboxylic acids is 2. The molecule has 0 N–H and O–H groups in total. The number of methoxy groups -OCH3 is 1. The summed E-state index contributed by atoms with van der Waals surface area (Å²) in [7, 11) is 1.57. The van der Waals surface area contributed by atoms with E-state index in [4.69, 9.17) is 9.57 Å². The summed E-state index contributed by atoms with van der Waals surface area (Å²) in [6, 6.07) is 19.6. The van der Waals surface area contributed by atoms with Gasteiger partial charge >= 0.3 is 0 Å². The predicted octanol–water partition coefficient (Wildman–Crippen LogP) is 4.65. The average molecular weight is 497 g/mol. The second-order valence-electron chi connectivity index (χ2n) is 7.54. The van der Waals surface area contributed by atoms with E-state index in [1.54, 1.807) is 18.2 Å². The summed E-state index contributed by atoms with van der Waals surface area (Å²) in [4.78, 5) is 33.9. The third-order valence-corrected chi connectivity index (χ3v) is 6.35. The summed E-state index contributed by atoms with van der Waals surface area (Å²) in [6.45, 7) is 0. The molecule has 6 nitrogen and oxygen atoms in total. The fourth-order valence-electron chi connectivity index (χ4n) is 4.26. The Hall–Kier alpha value is -3.23. The Labute approximate surface area is 192 Å². The van der Waals surface area contributed by atoms with E-state index in [9.17, 15) is 14.0 Å². The lowest BCUT2D eigenvalue weighted by atomic mass is 9.90. The van der Waals surface area contributed by atoms with Crippen LogP contribution in [0.4, 0.5) is 15.8 Å². The van der Waals surface area contributed by atoms with Gasteiger partial charge in [-0.15, -0.1) is 0 Å². The minimum Gasteiger partial charge on any atom is -0.496 e. The van der Waals surface area contributed by atoms with Crippen LogP contribution < -0.4 is 14.7 Å². The Balaban J connectivity index is 1.59. The van der Waals surface area contributed by atoms with Gasteiger partial charge < -0.3 is 4.74 Å². The van der Waals surface area contributed by atoms with Crippen LogP contribution in [0.5, 0.6) is 5.75 Å². The Bertz CT molecular complexity index is 1190. The van der Waals surface area contributed by atoms with Gasteiger partial charge in [0.2, 0.25) is 5.91 Å². The minimum absolute atomic E-state index is 0.320. The molecule has 2 amide bonds. The number of fused-ring (bicyclic) bond motifs is 1. The van der Waals surface area contributed by atoms with Gasteiger partial charge in [0.15, 0.2) is 6.10 Å². The molecular weight excluding hydrogens is 479 g/mol. The van der Waals surface area contributed by atoms with Crippen LogP contribution in [0.25, 0.3) is 0 Å². The van der Waals surface area contributed by atoms with Crippen molar-refractivity contribution in [3.8, 4) is 5.75 Å². The highest BCUT2D eigenvalue weighted by Crippen LogP contribution is 2.48. The molecule has 3 aromatic carbocycles. The van der Waals surface area contributed by atoms with Crippen molar-refractivity contribution in [2.75, 3.05) is 17.1 Å². The lowest BCUT2D eigenvalue weighted by molar-refractivity contribution is -0.126. The maximum Gasteiger partial charge on any atom is 0.266 e. The van der Waals surface area contributed by atoms with E-state index in [-0.39, 0.29) is 5.91 Å². The van der Waals surface area contributed by atoms with E-state index < -0.39 is 29.8 Å². The Morgan fingerprint density at radius 1 is 0.938 bits per heavy atom. The normalized spacial score (nSPS) is 22.4. The van der Waals surface area contributed by atoms with Crippen LogP contribution in [0.1, 0.15) is 11.6 Å². The van der Waals surface area contributed by atoms with Gasteiger partial charge in [0.05, 0.1) is 29.0 Å². The molecule has 3 atom stereocenters. The first kappa shape index (κ1) is 20.7. The van der Waals surface area contributed by atoms with Crippen LogP contribution in [-0.4, -0.2) is 25.0 Å². The third-order valence-electron chi connectivity index (χ3n) is 5.73. The molecule has 0 radical (unpaired) electrons. The molecular formula is C24H18BrFN2O4. The number of anilines is 2. The highest BCUT2D eigenvalue weighted by atomic mass is 79.9. The zero-order chi connectivity index (χ0) is 22.4. The molecule has 5 rings (SSSR count). The van der Waals surface area contributed by atoms with Gasteiger partial charge in [0.25, 0.3) is 5.91 Å².